The van der Waals surface area contributed by atoms with Gasteiger partial charge in [0.05, 0.1) is 0 Å². The molecule has 0 amide bonds. The van der Waals surface area contributed by atoms with Crippen LogP contribution in [0.4, 0.5) is 0 Å². The first-order valence-electron chi connectivity index (χ1n) is 6.58. The quantitative estimate of drug-likeness (QED) is 0.481. The van der Waals surface area contributed by atoms with Crippen LogP contribution in [-0.2, 0) is 23.3 Å². The van der Waals surface area contributed by atoms with Crippen LogP contribution < -0.4 is 10.4 Å². The maximum absolute atomic E-state index is 12.2. The van der Waals surface area contributed by atoms with Crippen LogP contribution in [0.2, 0.25) is 3.43 Å². The van der Waals surface area contributed by atoms with Crippen molar-refractivity contribution in [1.29, 1.82) is 0 Å². The van der Waals surface area contributed by atoms with Crippen molar-refractivity contribution in [2.24, 2.45) is 0 Å². The van der Waals surface area contributed by atoms with Crippen molar-refractivity contribution in [2.45, 2.75) is 28.3 Å². The molecule has 2 heterocycles. The Morgan fingerprint density at radius 3 is 2.95 bits per heavy atom. The molecule has 2 aromatic rings. The molecule has 2 aliphatic rings. The van der Waals surface area contributed by atoms with Crippen molar-refractivity contribution in [1.82, 2.24) is 0 Å². The molecule has 4 rings (SSSR count). The van der Waals surface area contributed by atoms with E-state index in [2.05, 4.69) is 0 Å². The molecule has 3 nitrogen and oxygen atoms in total. The van der Waals surface area contributed by atoms with Gasteiger partial charge in [0.15, 0.2) is 0 Å². The molecule has 3 atom stereocenters. The van der Waals surface area contributed by atoms with Gasteiger partial charge >= 0.3 is 126 Å². The Morgan fingerprint density at radius 1 is 1.26 bits per heavy atom. The van der Waals surface area contributed by atoms with Crippen molar-refractivity contribution in [2.75, 3.05) is 0 Å². The van der Waals surface area contributed by atoms with Gasteiger partial charge in [-0.05, 0) is 0 Å². The van der Waals surface area contributed by atoms with E-state index in [0.717, 1.165) is 29.5 Å². The number of ether oxygens (including phenoxy) is 1. The molecule has 3 unspecified atom stereocenters. The second-order valence-corrected chi connectivity index (χ2v) is 13.3. The minimum absolute atomic E-state index is 0.142. The van der Waals surface area contributed by atoms with Crippen molar-refractivity contribution >= 4 is 19.2 Å². The molecule has 1 aromatic heterocycles. The Balaban J connectivity index is 1.96. The van der Waals surface area contributed by atoms with Crippen LogP contribution in [0.15, 0.2) is 33.5 Å². The zero-order valence-electron chi connectivity index (χ0n) is 10.3. The Morgan fingerprint density at radius 2 is 2.11 bits per heavy atom. The van der Waals surface area contributed by atoms with Gasteiger partial charge in [-0.3, -0.25) is 0 Å². The van der Waals surface area contributed by atoms with Crippen molar-refractivity contribution in [3.05, 3.63) is 40.2 Å². The van der Waals surface area contributed by atoms with E-state index in [4.69, 9.17) is 17.4 Å². The summed E-state index contributed by atoms with van der Waals surface area (Å²) >= 11 is -1.35. The van der Waals surface area contributed by atoms with Crippen LogP contribution in [0.25, 0.3) is 11.0 Å². The van der Waals surface area contributed by atoms with Crippen molar-refractivity contribution in [3.8, 4) is 5.75 Å². The van der Waals surface area contributed by atoms with Gasteiger partial charge in [-0.1, -0.05) is 0 Å². The fourth-order valence-corrected chi connectivity index (χ4v) is 10.2. The van der Waals surface area contributed by atoms with E-state index in [-0.39, 0.29) is 17.6 Å². The van der Waals surface area contributed by atoms with Crippen LogP contribution in [0, 0.1) is 0 Å². The van der Waals surface area contributed by atoms with Crippen LogP contribution in [-0.4, -0.2) is 6.10 Å². The molecule has 1 saturated carbocycles. The summed E-state index contributed by atoms with van der Waals surface area (Å²) in [6.45, 7) is 0. The Labute approximate surface area is 125 Å². The number of benzene rings is 1. The molecule has 1 aromatic carbocycles. The number of hydrogen-bond donors (Lipinski definition) is 0. The number of para-hydroxylation sites is 1. The summed E-state index contributed by atoms with van der Waals surface area (Å²) in [5.41, 5.74) is 1.14. The number of halogens is 1. The first-order chi connectivity index (χ1) is 9.29. The topological polar surface area (TPSA) is 39.4 Å². The normalized spacial score (nSPS) is 27.7. The predicted octanol–water partition coefficient (Wildman–Crippen LogP) is 3.46. The molecule has 0 radical (unpaired) electrons. The standard InChI is InChI=1S/C14H11O3.ClH.Hg/c15-14-12-8-5-3-7-10(8)16-13(12)9-4-1-2-6-11(9)17-14;;/h1-2,4,6-8,10H,3,5H2;1H;/q;;+1/p-1. The molecular formula is C14H11ClHgO3. The molecule has 0 saturated heterocycles. The Hall–Kier alpha value is -0.545. The third-order valence-electron chi connectivity index (χ3n) is 4.33. The molecule has 19 heavy (non-hydrogen) atoms. The first-order valence-corrected chi connectivity index (χ1v) is 16.5. The van der Waals surface area contributed by atoms with Gasteiger partial charge in [-0.15, -0.1) is 0 Å². The molecule has 0 spiro atoms. The molecule has 0 N–H and O–H groups in total. The summed E-state index contributed by atoms with van der Waals surface area (Å²) < 4.78 is 12.1. The summed E-state index contributed by atoms with van der Waals surface area (Å²) in [6.07, 6.45) is 2.27. The second-order valence-electron chi connectivity index (χ2n) is 5.31. The first kappa shape index (κ1) is 12.2. The van der Waals surface area contributed by atoms with Crippen LogP contribution in [0.1, 0.15) is 24.3 Å². The van der Waals surface area contributed by atoms with Crippen molar-refractivity contribution in [3.63, 3.8) is 0 Å². The fraction of sp³-hybridized carbons (Fsp3) is 0.357. The van der Waals surface area contributed by atoms with Gasteiger partial charge in [-0.25, -0.2) is 0 Å². The zero-order valence-corrected chi connectivity index (χ0v) is 16.5. The van der Waals surface area contributed by atoms with Crippen molar-refractivity contribution < 1.29 is 32.5 Å². The fourth-order valence-electron chi connectivity index (χ4n) is 3.42. The van der Waals surface area contributed by atoms with Gasteiger partial charge in [0.1, 0.15) is 0 Å². The summed E-state index contributed by atoms with van der Waals surface area (Å²) in [7, 11) is 6.22. The third kappa shape index (κ3) is 1.70. The van der Waals surface area contributed by atoms with Crippen LogP contribution in [0.5, 0.6) is 5.75 Å². The van der Waals surface area contributed by atoms with E-state index in [1.807, 2.05) is 24.3 Å². The minimum atomic E-state index is -1.35. The predicted molar refractivity (Wildman–Crippen MR) is 68.5 cm³/mol. The van der Waals surface area contributed by atoms with E-state index in [9.17, 15) is 4.79 Å². The Kier molecular flexibility index (Phi) is 2.88. The van der Waals surface area contributed by atoms with E-state index in [0.29, 0.717) is 9.01 Å². The zero-order chi connectivity index (χ0) is 13.0. The Bertz CT molecular complexity index is 711. The third-order valence-corrected chi connectivity index (χ3v) is 12.7. The monoisotopic (exact) mass is 464 g/mol. The van der Waals surface area contributed by atoms with Gasteiger partial charge in [0.2, 0.25) is 0 Å². The van der Waals surface area contributed by atoms with Gasteiger partial charge in [0, 0.05) is 0 Å². The molecule has 5 heteroatoms. The van der Waals surface area contributed by atoms with E-state index >= 15 is 0 Å². The molecule has 94 valence electrons. The van der Waals surface area contributed by atoms with Crippen LogP contribution >= 0.6 is 8.25 Å². The summed E-state index contributed by atoms with van der Waals surface area (Å²) in [6, 6.07) is 7.58. The summed E-state index contributed by atoms with van der Waals surface area (Å²) in [5.74, 6) is 0.963. The number of rotatable bonds is 1. The van der Waals surface area contributed by atoms with Gasteiger partial charge in [0.25, 0.3) is 0 Å². The van der Waals surface area contributed by atoms with E-state index in [1.54, 1.807) is 0 Å². The molecule has 1 fully saturated rings. The molecular weight excluding hydrogens is 452 g/mol. The number of hydrogen-bond acceptors (Lipinski definition) is 3. The average molecular weight is 463 g/mol. The maximum atomic E-state index is 12.2. The van der Waals surface area contributed by atoms with Crippen LogP contribution in [0.3, 0.4) is 0 Å². The van der Waals surface area contributed by atoms with E-state index in [1.165, 1.54) is 0 Å². The summed E-state index contributed by atoms with van der Waals surface area (Å²) in [5, 5.41) is 0.913. The average Bonchev–Trinajstić information content (AvgIpc) is 2.97. The molecule has 0 bridgehead atoms. The molecule has 1 aliphatic carbocycles. The SMILES string of the molecule is O=c1oc2ccccc2c2c1C1CC[CH]([Hg][Cl])C1O2. The number of fused-ring (bicyclic) bond motifs is 5. The molecule has 1 aliphatic heterocycles. The van der Waals surface area contributed by atoms with E-state index < -0.39 is 23.3 Å². The summed E-state index contributed by atoms with van der Waals surface area (Å²) in [4.78, 5) is 12.2. The van der Waals surface area contributed by atoms with Gasteiger partial charge in [-0.2, -0.15) is 0 Å². The second kappa shape index (κ2) is 4.49. The van der Waals surface area contributed by atoms with Gasteiger partial charge < -0.3 is 0 Å².